The normalized spacial score (nSPS) is 17.3. The van der Waals surface area contributed by atoms with Crippen molar-refractivity contribution in [3.8, 4) is 0 Å². The minimum Gasteiger partial charge on any atom is -0.462 e. The van der Waals surface area contributed by atoms with Gasteiger partial charge in [-0.3, -0.25) is 4.79 Å². The Kier molecular flexibility index (Phi) is 7.82. The van der Waals surface area contributed by atoms with Crippen molar-refractivity contribution in [2.75, 3.05) is 19.7 Å². The molecule has 1 amide bonds. The molecule has 2 aromatic carbocycles. The van der Waals surface area contributed by atoms with Crippen molar-refractivity contribution in [2.24, 2.45) is 10.9 Å². The number of piperidine rings is 1. The van der Waals surface area contributed by atoms with Crippen molar-refractivity contribution in [1.29, 1.82) is 0 Å². The smallest absolute Gasteiger partial charge is 0.338 e. The van der Waals surface area contributed by atoms with Crippen molar-refractivity contribution < 1.29 is 27.1 Å². The third kappa shape index (κ3) is 5.32. The van der Waals surface area contributed by atoms with Crippen LogP contribution in [0.15, 0.2) is 65.0 Å². The third-order valence-corrected chi connectivity index (χ3v) is 8.82. The van der Waals surface area contributed by atoms with Gasteiger partial charge >= 0.3 is 5.97 Å². The molecule has 11 heteroatoms. The molecule has 1 saturated heterocycles. The fourth-order valence-corrected chi connectivity index (χ4v) is 6.72. The summed E-state index contributed by atoms with van der Waals surface area (Å²) in [5.41, 5.74) is 1.20. The van der Waals surface area contributed by atoms with Crippen LogP contribution >= 0.6 is 11.3 Å². The number of rotatable bonds is 7. The summed E-state index contributed by atoms with van der Waals surface area (Å²) < 4.78 is 48.2. The Bertz CT molecular complexity index is 1480. The van der Waals surface area contributed by atoms with Gasteiger partial charge in [0.25, 0.3) is 5.91 Å². The molecule has 2 heterocycles. The van der Waals surface area contributed by atoms with E-state index in [0.29, 0.717) is 29.8 Å². The van der Waals surface area contributed by atoms with Crippen LogP contribution in [0.3, 0.4) is 0 Å². The molecule has 1 atom stereocenters. The Morgan fingerprint density at radius 3 is 2.69 bits per heavy atom. The maximum absolute atomic E-state index is 13.3. The number of hydrogen-bond acceptors (Lipinski definition) is 6. The molecule has 1 aromatic heterocycles. The van der Waals surface area contributed by atoms with Gasteiger partial charge in [0.2, 0.25) is 10.0 Å². The first-order valence-electron chi connectivity index (χ1n) is 11.5. The van der Waals surface area contributed by atoms with Crippen molar-refractivity contribution in [1.82, 2.24) is 8.87 Å². The predicted octanol–water partition coefficient (Wildman–Crippen LogP) is 3.73. The summed E-state index contributed by atoms with van der Waals surface area (Å²) in [6.07, 6.45) is 2.71. The van der Waals surface area contributed by atoms with Gasteiger partial charge in [0.05, 0.1) is 33.2 Å². The number of esters is 1. The highest BCUT2D eigenvalue weighted by Gasteiger charge is 2.33. The number of hydrogen-bond donors (Lipinski definition) is 0. The molecule has 190 valence electrons. The Labute approximate surface area is 212 Å². The second kappa shape index (κ2) is 10.9. The third-order valence-electron chi connectivity index (χ3n) is 5.90. The van der Waals surface area contributed by atoms with Crippen molar-refractivity contribution >= 4 is 43.5 Å². The van der Waals surface area contributed by atoms with Crippen LogP contribution in [-0.2, 0) is 26.1 Å². The molecular formula is C25H26FN3O5S2. The lowest BCUT2D eigenvalue weighted by atomic mass is 9.99. The Morgan fingerprint density at radius 2 is 2.00 bits per heavy atom. The highest BCUT2D eigenvalue weighted by molar-refractivity contribution is 7.89. The van der Waals surface area contributed by atoms with Crippen LogP contribution in [0.1, 0.15) is 30.1 Å². The van der Waals surface area contributed by atoms with Gasteiger partial charge in [-0.15, -0.1) is 6.58 Å². The molecule has 0 radical (unpaired) electrons. The van der Waals surface area contributed by atoms with E-state index in [4.69, 9.17) is 4.74 Å². The number of sulfonamides is 1. The summed E-state index contributed by atoms with van der Waals surface area (Å²) in [6, 6.07) is 9.80. The zero-order valence-corrected chi connectivity index (χ0v) is 21.4. The minimum atomic E-state index is -3.86. The molecule has 1 aliphatic heterocycles. The van der Waals surface area contributed by atoms with E-state index in [1.807, 2.05) is 4.57 Å². The number of aromatic nitrogens is 1. The molecule has 36 heavy (non-hydrogen) atoms. The fourth-order valence-electron chi connectivity index (χ4n) is 4.11. The number of allylic oxidation sites excluding steroid dienone is 1. The number of ether oxygens (including phenoxy) is 1. The molecule has 1 aliphatic rings. The van der Waals surface area contributed by atoms with E-state index in [1.54, 1.807) is 31.2 Å². The molecule has 4 rings (SSSR count). The predicted molar refractivity (Wildman–Crippen MR) is 134 cm³/mol. The van der Waals surface area contributed by atoms with Gasteiger partial charge in [0.15, 0.2) is 4.80 Å². The van der Waals surface area contributed by atoms with E-state index in [9.17, 15) is 22.4 Å². The summed E-state index contributed by atoms with van der Waals surface area (Å²) in [5.74, 6) is -1.97. The van der Waals surface area contributed by atoms with Gasteiger partial charge in [-0.2, -0.15) is 9.30 Å². The lowest BCUT2D eigenvalue weighted by Crippen LogP contribution is -2.42. The topological polar surface area (TPSA) is 98.0 Å². The van der Waals surface area contributed by atoms with E-state index in [0.717, 1.165) is 22.3 Å². The second-order valence-corrected chi connectivity index (χ2v) is 11.2. The number of carbonyl (C=O) groups excluding carboxylic acids is 2. The summed E-state index contributed by atoms with van der Waals surface area (Å²) in [5, 5.41) is 0. The maximum Gasteiger partial charge on any atom is 0.338 e. The molecule has 0 aliphatic carbocycles. The lowest BCUT2D eigenvalue weighted by Gasteiger charge is -2.30. The number of fused-ring (bicyclic) bond motifs is 1. The summed E-state index contributed by atoms with van der Waals surface area (Å²) in [7, 11) is -3.86. The number of nitrogens with zero attached hydrogens (tertiary/aromatic N) is 3. The maximum atomic E-state index is 13.3. The van der Waals surface area contributed by atoms with E-state index >= 15 is 0 Å². The highest BCUT2D eigenvalue weighted by atomic mass is 32.2. The highest BCUT2D eigenvalue weighted by Crippen LogP contribution is 2.25. The van der Waals surface area contributed by atoms with E-state index < -0.39 is 33.6 Å². The van der Waals surface area contributed by atoms with Crippen LogP contribution in [0, 0.1) is 11.7 Å². The van der Waals surface area contributed by atoms with Crippen LogP contribution < -0.4 is 4.80 Å². The van der Waals surface area contributed by atoms with E-state index in [2.05, 4.69) is 11.6 Å². The van der Waals surface area contributed by atoms with Gasteiger partial charge in [-0.25, -0.2) is 17.6 Å². The van der Waals surface area contributed by atoms with Gasteiger partial charge < -0.3 is 9.30 Å². The first-order valence-corrected chi connectivity index (χ1v) is 13.8. The molecule has 1 unspecified atom stereocenters. The Morgan fingerprint density at radius 1 is 1.25 bits per heavy atom. The van der Waals surface area contributed by atoms with Crippen LogP contribution in [0.5, 0.6) is 0 Å². The first kappa shape index (κ1) is 25.9. The van der Waals surface area contributed by atoms with Gasteiger partial charge in [-0.1, -0.05) is 17.4 Å². The monoisotopic (exact) mass is 531 g/mol. The molecule has 0 saturated carbocycles. The zero-order valence-electron chi connectivity index (χ0n) is 19.7. The number of halogens is 1. The summed E-state index contributed by atoms with van der Waals surface area (Å²) in [4.78, 5) is 30.1. The first-order chi connectivity index (χ1) is 17.2. The lowest BCUT2D eigenvalue weighted by molar-refractivity contribution is -0.122. The average Bonchev–Trinajstić information content (AvgIpc) is 3.20. The number of carbonyl (C=O) groups is 2. The summed E-state index contributed by atoms with van der Waals surface area (Å²) in [6.45, 7) is 6.46. The minimum absolute atomic E-state index is 0.00139. The van der Waals surface area contributed by atoms with Gasteiger partial charge in [0.1, 0.15) is 5.82 Å². The van der Waals surface area contributed by atoms with Crippen LogP contribution in [0.25, 0.3) is 10.2 Å². The van der Waals surface area contributed by atoms with Gasteiger partial charge in [-0.05, 0) is 62.2 Å². The fraction of sp³-hybridized carbons (Fsp3) is 0.320. The van der Waals surface area contributed by atoms with Crippen molar-refractivity contribution in [3.05, 3.63) is 71.3 Å². The molecule has 0 N–H and O–H groups in total. The van der Waals surface area contributed by atoms with Crippen molar-refractivity contribution in [2.45, 2.75) is 31.2 Å². The number of amides is 1. The van der Waals surface area contributed by atoms with Crippen LogP contribution in [0.2, 0.25) is 0 Å². The molecule has 1 fully saturated rings. The van der Waals surface area contributed by atoms with Crippen LogP contribution in [-0.4, -0.2) is 48.9 Å². The van der Waals surface area contributed by atoms with E-state index in [-0.39, 0.29) is 24.6 Å². The second-order valence-electron chi connectivity index (χ2n) is 8.29. The summed E-state index contributed by atoms with van der Waals surface area (Å²) >= 11 is 1.26. The largest absolute Gasteiger partial charge is 0.462 e. The number of thiazole rings is 1. The molecule has 8 nitrogen and oxygen atoms in total. The molecular weight excluding hydrogens is 505 g/mol. The quantitative estimate of drug-likeness (QED) is 0.342. The Balaban J connectivity index is 1.63. The Hall–Kier alpha value is -3.15. The SMILES string of the molecule is C=CCn1c(=NC(=O)C2CCCN(S(=O)(=O)c3ccc(F)cc3)C2)sc2cc(C(=O)OCC)ccc21. The average molecular weight is 532 g/mol. The van der Waals surface area contributed by atoms with Crippen LogP contribution in [0.4, 0.5) is 4.39 Å². The standard InChI is InChI=1S/C25H26FN3O5S2/c1-3-13-29-21-12-7-17(24(31)34-4-2)15-22(21)35-25(29)27-23(30)18-6-5-14-28(16-18)36(32,33)20-10-8-19(26)9-11-20/h3,7-12,15,18H,1,4-6,13-14,16H2,2H3. The molecule has 0 spiro atoms. The molecule has 0 bridgehead atoms. The number of benzene rings is 2. The molecule has 3 aromatic rings. The van der Waals surface area contributed by atoms with Gasteiger partial charge in [0, 0.05) is 19.6 Å². The zero-order chi connectivity index (χ0) is 25.9. The van der Waals surface area contributed by atoms with Crippen molar-refractivity contribution in [3.63, 3.8) is 0 Å². The van der Waals surface area contributed by atoms with E-state index in [1.165, 1.54) is 27.8 Å².